The Morgan fingerprint density at radius 1 is 1.08 bits per heavy atom. The van der Waals surface area contributed by atoms with Crippen molar-refractivity contribution in [1.82, 2.24) is 15.1 Å². The molecule has 1 amide bonds. The third-order valence-electron chi connectivity index (χ3n) is 4.23. The van der Waals surface area contributed by atoms with Crippen molar-refractivity contribution in [3.05, 3.63) is 46.1 Å². The third kappa shape index (κ3) is 4.12. The average Bonchev–Trinajstić information content (AvgIpc) is 2.87. The van der Waals surface area contributed by atoms with Crippen LogP contribution in [0.5, 0.6) is 0 Å². The van der Waals surface area contributed by atoms with Crippen LogP contribution >= 0.6 is 15.9 Å². The largest absolute Gasteiger partial charge is 0.339 e. The van der Waals surface area contributed by atoms with Gasteiger partial charge in [-0.25, -0.2) is 0 Å². The lowest BCUT2D eigenvalue weighted by Gasteiger charge is -2.19. The zero-order valence-corrected chi connectivity index (χ0v) is 15.3. The number of hydrogen-bond acceptors (Lipinski definition) is 4. The number of carbonyl (C=O) groups is 1. The number of likely N-dealkylation sites (tertiary alicyclic amines) is 1. The van der Waals surface area contributed by atoms with Crippen molar-refractivity contribution in [2.45, 2.75) is 32.6 Å². The Morgan fingerprint density at radius 2 is 1.83 bits per heavy atom. The summed E-state index contributed by atoms with van der Waals surface area (Å²) in [6, 6.07) is 9.54. The third-order valence-corrected chi connectivity index (χ3v) is 4.72. The standard InChI is InChI=1S/C18H21BrN4O/c1-13-12-14(19)6-7-15(13)20-17-9-8-16(21-22-17)18(24)23-10-4-2-3-5-11-23/h6-9,12H,2-5,10-11H2,1H3,(H,20,22). The Labute approximate surface area is 150 Å². The van der Waals surface area contributed by atoms with Crippen LogP contribution in [-0.4, -0.2) is 34.1 Å². The van der Waals surface area contributed by atoms with Crippen LogP contribution in [0.2, 0.25) is 0 Å². The van der Waals surface area contributed by atoms with Crippen molar-refractivity contribution in [3.8, 4) is 0 Å². The second-order valence-electron chi connectivity index (χ2n) is 6.09. The number of nitrogens with zero attached hydrogens (tertiary/aromatic N) is 3. The fourth-order valence-corrected chi connectivity index (χ4v) is 3.33. The molecule has 126 valence electrons. The Morgan fingerprint density at radius 3 is 2.46 bits per heavy atom. The average molecular weight is 389 g/mol. The van der Waals surface area contributed by atoms with E-state index in [9.17, 15) is 4.79 Å². The van der Waals surface area contributed by atoms with Gasteiger partial charge >= 0.3 is 0 Å². The van der Waals surface area contributed by atoms with Crippen LogP contribution in [-0.2, 0) is 0 Å². The highest BCUT2D eigenvalue weighted by Gasteiger charge is 2.18. The van der Waals surface area contributed by atoms with Crippen LogP contribution in [0.15, 0.2) is 34.8 Å². The molecule has 1 fully saturated rings. The highest BCUT2D eigenvalue weighted by molar-refractivity contribution is 9.10. The Hall–Kier alpha value is -1.95. The van der Waals surface area contributed by atoms with Crippen molar-refractivity contribution in [1.29, 1.82) is 0 Å². The zero-order chi connectivity index (χ0) is 16.9. The van der Waals surface area contributed by atoms with Gasteiger partial charge in [0, 0.05) is 23.2 Å². The number of aromatic nitrogens is 2. The first-order valence-corrected chi connectivity index (χ1v) is 9.09. The summed E-state index contributed by atoms with van der Waals surface area (Å²) in [7, 11) is 0. The van der Waals surface area contributed by atoms with E-state index in [4.69, 9.17) is 0 Å². The van der Waals surface area contributed by atoms with Crippen molar-refractivity contribution in [2.75, 3.05) is 18.4 Å². The Balaban J connectivity index is 1.69. The molecule has 24 heavy (non-hydrogen) atoms. The molecule has 2 heterocycles. The van der Waals surface area contributed by atoms with E-state index in [0.717, 1.165) is 41.7 Å². The maximum absolute atomic E-state index is 12.5. The van der Waals surface area contributed by atoms with Gasteiger partial charge in [-0.05, 0) is 55.7 Å². The Bertz CT molecular complexity index is 709. The number of nitrogens with one attached hydrogen (secondary N) is 1. The van der Waals surface area contributed by atoms with Crippen LogP contribution in [0.1, 0.15) is 41.7 Å². The summed E-state index contributed by atoms with van der Waals surface area (Å²) in [6.45, 7) is 3.66. The molecular formula is C18H21BrN4O. The van der Waals surface area contributed by atoms with Gasteiger partial charge in [0.25, 0.3) is 5.91 Å². The quantitative estimate of drug-likeness (QED) is 0.850. The fourth-order valence-electron chi connectivity index (χ4n) is 2.85. The van der Waals surface area contributed by atoms with Gasteiger partial charge in [0.05, 0.1) is 0 Å². The molecule has 1 N–H and O–H groups in total. The van der Waals surface area contributed by atoms with E-state index in [-0.39, 0.29) is 5.91 Å². The molecule has 1 aliphatic rings. The molecule has 1 aromatic carbocycles. The van der Waals surface area contributed by atoms with E-state index < -0.39 is 0 Å². The van der Waals surface area contributed by atoms with Gasteiger partial charge in [-0.15, -0.1) is 10.2 Å². The van der Waals surface area contributed by atoms with Gasteiger partial charge in [0.2, 0.25) is 0 Å². The van der Waals surface area contributed by atoms with Crippen LogP contribution in [0.4, 0.5) is 11.5 Å². The van der Waals surface area contributed by atoms with Crippen LogP contribution in [0, 0.1) is 6.92 Å². The number of carbonyl (C=O) groups excluding carboxylic acids is 1. The monoisotopic (exact) mass is 388 g/mol. The van der Waals surface area contributed by atoms with E-state index in [0.29, 0.717) is 11.5 Å². The van der Waals surface area contributed by atoms with Gasteiger partial charge in [-0.2, -0.15) is 0 Å². The number of benzene rings is 1. The number of halogens is 1. The van der Waals surface area contributed by atoms with E-state index in [2.05, 4.69) is 31.4 Å². The number of anilines is 2. The van der Waals surface area contributed by atoms with E-state index in [1.165, 1.54) is 12.8 Å². The van der Waals surface area contributed by atoms with Crippen LogP contribution in [0.25, 0.3) is 0 Å². The molecular weight excluding hydrogens is 368 g/mol. The summed E-state index contributed by atoms with van der Waals surface area (Å²) >= 11 is 3.45. The van der Waals surface area contributed by atoms with Crippen LogP contribution in [0.3, 0.4) is 0 Å². The maximum Gasteiger partial charge on any atom is 0.274 e. The van der Waals surface area contributed by atoms with E-state index in [1.54, 1.807) is 12.1 Å². The summed E-state index contributed by atoms with van der Waals surface area (Å²) in [4.78, 5) is 14.4. The molecule has 3 rings (SSSR count). The van der Waals surface area contributed by atoms with Gasteiger partial charge in [-0.3, -0.25) is 4.79 Å². The molecule has 2 aromatic rings. The van der Waals surface area contributed by atoms with Crippen molar-refractivity contribution in [3.63, 3.8) is 0 Å². The van der Waals surface area contributed by atoms with Crippen LogP contribution < -0.4 is 5.32 Å². The van der Waals surface area contributed by atoms with Crippen molar-refractivity contribution in [2.24, 2.45) is 0 Å². The summed E-state index contributed by atoms with van der Waals surface area (Å²) in [6.07, 6.45) is 4.54. The summed E-state index contributed by atoms with van der Waals surface area (Å²) in [5.41, 5.74) is 2.49. The summed E-state index contributed by atoms with van der Waals surface area (Å²) in [5, 5.41) is 11.5. The molecule has 0 aliphatic carbocycles. The highest BCUT2D eigenvalue weighted by atomic mass is 79.9. The summed E-state index contributed by atoms with van der Waals surface area (Å²) < 4.78 is 1.04. The number of hydrogen-bond donors (Lipinski definition) is 1. The smallest absolute Gasteiger partial charge is 0.274 e. The molecule has 5 nitrogen and oxygen atoms in total. The summed E-state index contributed by atoms with van der Waals surface area (Å²) in [5.74, 6) is 0.614. The SMILES string of the molecule is Cc1cc(Br)ccc1Nc1ccc(C(=O)N2CCCCCC2)nn1. The van der Waals surface area contributed by atoms with E-state index in [1.807, 2.05) is 30.0 Å². The van der Waals surface area contributed by atoms with Gasteiger partial charge in [-0.1, -0.05) is 28.8 Å². The first-order chi connectivity index (χ1) is 11.6. The second kappa shape index (κ2) is 7.75. The lowest BCUT2D eigenvalue weighted by Crippen LogP contribution is -2.32. The number of rotatable bonds is 3. The normalized spacial score (nSPS) is 15.0. The predicted octanol–water partition coefficient (Wildman–Crippen LogP) is 4.31. The molecule has 0 saturated carbocycles. The minimum atomic E-state index is -0.0178. The van der Waals surface area contributed by atoms with Crippen molar-refractivity contribution >= 4 is 33.3 Å². The molecule has 1 saturated heterocycles. The molecule has 6 heteroatoms. The van der Waals surface area contributed by atoms with Crippen molar-refractivity contribution < 1.29 is 4.79 Å². The topological polar surface area (TPSA) is 58.1 Å². The first kappa shape index (κ1) is 16.9. The fraction of sp³-hybridized carbons (Fsp3) is 0.389. The first-order valence-electron chi connectivity index (χ1n) is 8.30. The van der Waals surface area contributed by atoms with Gasteiger partial charge < -0.3 is 10.2 Å². The Kier molecular flexibility index (Phi) is 5.45. The molecule has 0 radical (unpaired) electrons. The molecule has 1 aromatic heterocycles. The van der Waals surface area contributed by atoms with E-state index >= 15 is 0 Å². The lowest BCUT2D eigenvalue weighted by atomic mass is 10.2. The minimum absolute atomic E-state index is 0.0178. The second-order valence-corrected chi connectivity index (χ2v) is 7.01. The zero-order valence-electron chi connectivity index (χ0n) is 13.8. The molecule has 0 unspecified atom stereocenters. The highest BCUT2D eigenvalue weighted by Crippen LogP contribution is 2.22. The predicted molar refractivity (Wildman–Crippen MR) is 98.6 cm³/mol. The molecule has 1 aliphatic heterocycles. The number of amides is 1. The van der Waals surface area contributed by atoms with Gasteiger partial charge in [0.1, 0.15) is 0 Å². The number of aryl methyl sites for hydroxylation is 1. The lowest BCUT2D eigenvalue weighted by molar-refractivity contribution is 0.0754. The minimum Gasteiger partial charge on any atom is -0.339 e. The molecule has 0 atom stereocenters. The maximum atomic E-state index is 12.5. The molecule has 0 spiro atoms. The molecule has 0 bridgehead atoms. The van der Waals surface area contributed by atoms with Gasteiger partial charge in [0.15, 0.2) is 11.5 Å².